The van der Waals surface area contributed by atoms with Crippen molar-refractivity contribution in [3.05, 3.63) is 28.3 Å². The third-order valence-electron chi connectivity index (χ3n) is 5.96. The summed E-state index contributed by atoms with van der Waals surface area (Å²) in [5.41, 5.74) is 0.190. The number of nitrogens with zero attached hydrogens (tertiary/aromatic N) is 3. The number of hydrogen-bond acceptors (Lipinski definition) is 6. The molecule has 0 atom stereocenters. The number of hydrogen-bond donors (Lipinski definition) is 1. The molecule has 0 bridgehead atoms. The number of likely N-dealkylation sites (tertiary alicyclic amines) is 1. The van der Waals surface area contributed by atoms with Crippen molar-refractivity contribution in [2.24, 2.45) is 5.92 Å². The first-order valence-corrected chi connectivity index (χ1v) is 12.1. The number of benzene rings is 1. The number of nitrogens with one attached hydrogen (secondary N) is 1. The zero-order chi connectivity index (χ0) is 20.9. The lowest BCUT2D eigenvalue weighted by atomic mass is 9.99. The van der Waals surface area contributed by atoms with E-state index in [9.17, 15) is 18.5 Å². The second-order valence-corrected chi connectivity index (χ2v) is 10.1. The molecule has 2 heterocycles. The fourth-order valence-corrected chi connectivity index (χ4v) is 5.58. The predicted octanol–water partition coefficient (Wildman–Crippen LogP) is 3.30. The summed E-state index contributed by atoms with van der Waals surface area (Å²) in [7, 11) is -3.68. The molecule has 0 amide bonds. The Morgan fingerprint density at radius 3 is 2.48 bits per heavy atom. The minimum atomic E-state index is -3.68. The second-order valence-electron chi connectivity index (χ2n) is 8.21. The van der Waals surface area contributed by atoms with Crippen LogP contribution in [0.5, 0.6) is 0 Å². The number of nitro benzene ring substituents is 1. The molecule has 2 saturated heterocycles. The Hall–Kier alpha value is -1.71. The average molecular weight is 425 g/mol. The van der Waals surface area contributed by atoms with Crippen LogP contribution in [0.2, 0.25) is 0 Å². The molecule has 9 heteroatoms. The Balaban J connectivity index is 1.61. The molecule has 2 aliphatic rings. The summed E-state index contributed by atoms with van der Waals surface area (Å²) in [5.74, 6) is 0.798. The summed E-state index contributed by atoms with van der Waals surface area (Å²) in [5, 5.41) is 14.7. The minimum Gasteiger partial charge on any atom is -0.379 e. The normalized spacial score (nSPS) is 19.9. The van der Waals surface area contributed by atoms with Crippen LogP contribution < -0.4 is 5.32 Å². The Labute approximate surface area is 173 Å². The summed E-state index contributed by atoms with van der Waals surface area (Å²) in [6.07, 6.45) is 6.02. The van der Waals surface area contributed by atoms with Crippen LogP contribution in [0.3, 0.4) is 0 Å². The van der Waals surface area contributed by atoms with Crippen LogP contribution in [0.1, 0.15) is 45.4 Å². The monoisotopic (exact) mass is 424 g/mol. The van der Waals surface area contributed by atoms with E-state index in [2.05, 4.69) is 17.1 Å². The van der Waals surface area contributed by atoms with Crippen LogP contribution in [0, 0.1) is 16.0 Å². The van der Waals surface area contributed by atoms with Gasteiger partial charge in [-0.1, -0.05) is 13.3 Å². The molecule has 1 aromatic carbocycles. The lowest BCUT2D eigenvalue weighted by molar-refractivity contribution is -0.384. The van der Waals surface area contributed by atoms with Gasteiger partial charge in [-0.05, 0) is 69.8 Å². The molecular weight excluding hydrogens is 392 g/mol. The van der Waals surface area contributed by atoms with Crippen molar-refractivity contribution in [1.82, 2.24) is 9.21 Å². The Kier molecular flexibility index (Phi) is 7.48. The molecule has 0 aliphatic carbocycles. The molecule has 1 aromatic rings. The average Bonchev–Trinajstić information content (AvgIpc) is 2.73. The van der Waals surface area contributed by atoms with Crippen molar-refractivity contribution in [1.29, 1.82) is 0 Å². The summed E-state index contributed by atoms with van der Waals surface area (Å²) < 4.78 is 27.1. The molecule has 0 radical (unpaired) electrons. The Morgan fingerprint density at radius 2 is 1.83 bits per heavy atom. The van der Waals surface area contributed by atoms with Gasteiger partial charge in [-0.2, -0.15) is 4.31 Å². The van der Waals surface area contributed by atoms with Gasteiger partial charge in [0.15, 0.2) is 0 Å². The number of sulfonamides is 1. The van der Waals surface area contributed by atoms with Crippen molar-refractivity contribution in [3.63, 3.8) is 0 Å². The van der Waals surface area contributed by atoms with E-state index in [0.717, 1.165) is 51.2 Å². The van der Waals surface area contributed by atoms with E-state index >= 15 is 0 Å². The molecule has 162 valence electrons. The zero-order valence-electron chi connectivity index (χ0n) is 17.2. The van der Waals surface area contributed by atoms with Gasteiger partial charge in [-0.25, -0.2) is 8.42 Å². The predicted molar refractivity (Wildman–Crippen MR) is 114 cm³/mol. The maximum absolute atomic E-state index is 12.8. The van der Waals surface area contributed by atoms with Gasteiger partial charge in [0.25, 0.3) is 5.69 Å². The molecule has 1 N–H and O–H groups in total. The highest BCUT2D eigenvalue weighted by molar-refractivity contribution is 7.89. The topological polar surface area (TPSA) is 95.8 Å². The van der Waals surface area contributed by atoms with E-state index in [1.807, 2.05) is 0 Å². The first-order valence-electron chi connectivity index (χ1n) is 10.6. The highest BCUT2D eigenvalue weighted by atomic mass is 32.2. The second kappa shape index (κ2) is 9.86. The van der Waals surface area contributed by atoms with Crippen LogP contribution >= 0.6 is 0 Å². The van der Waals surface area contributed by atoms with Crippen molar-refractivity contribution in [2.45, 2.75) is 50.3 Å². The van der Waals surface area contributed by atoms with Gasteiger partial charge in [0.1, 0.15) is 5.69 Å². The van der Waals surface area contributed by atoms with Crippen LogP contribution in [-0.4, -0.2) is 61.8 Å². The van der Waals surface area contributed by atoms with Crippen molar-refractivity contribution >= 4 is 21.4 Å². The Bertz CT molecular complexity index is 801. The maximum atomic E-state index is 12.8. The minimum absolute atomic E-state index is 0.000846. The largest absolute Gasteiger partial charge is 0.379 e. The van der Waals surface area contributed by atoms with Gasteiger partial charge in [0.05, 0.1) is 9.82 Å². The van der Waals surface area contributed by atoms with Crippen LogP contribution in [0.25, 0.3) is 0 Å². The molecule has 0 aromatic heterocycles. The standard InChI is InChI=1S/C20H32N4O4S/c1-17-8-14-22(15-9-17)11-5-10-21-19-7-6-18(16-20(19)24(25)26)29(27,28)23-12-3-2-4-13-23/h6-7,16-17,21H,2-5,8-15H2,1H3. The van der Waals surface area contributed by atoms with Crippen molar-refractivity contribution in [3.8, 4) is 0 Å². The lowest BCUT2D eigenvalue weighted by Gasteiger charge is -2.30. The van der Waals surface area contributed by atoms with Gasteiger partial charge < -0.3 is 10.2 Å². The lowest BCUT2D eigenvalue weighted by Crippen LogP contribution is -2.35. The smallest absolute Gasteiger partial charge is 0.293 e. The van der Waals surface area contributed by atoms with E-state index in [0.29, 0.717) is 25.3 Å². The molecule has 3 rings (SSSR count). The zero-order valence-corrected chi connectivity index (χ0v) is 18.0. The van der Waals surface area contributed by atoms with E-state index in [1.165, 1.54) is 35.3 Å². The summed E-state index contributed by atoms with van der Waals surface area (Å²) >= 11 is 0. The SMILES string of the molecule is CC1CCN(CCCNc2ccc(S(=O)(=O)N3CCCCC3)cc2[N+](=O)[O-])CC1. The summed E-state index contributed by atoms with van der Waals surface area (Å²) in [4.78, 5) is 13.5. The van der Waals surface area contributed by atoms with E-state index in [4.69, 9.17) is 0 Å². The molecule has 2 aliphatic heterocycles. The quantitative estimate of drug-likeness (QED) is 0.391. The highest BCUT2D eigenvalue weighted by Crippen LogP contribution is 2.30. The van der Waals surface area contributed by atoms with Gasteiger partial charge in [0.2, 0.25) is 10.0 Å². The molecule has 8 nitrogen and oxygen atoms in total. The Morgan fingerprint density at radius 1 is 1.14 bits per heavy atom. The van der Waals surface area contributed by atoms with Gasteiger partial charge in [0, 0.05) is 25.7 Å². The molecule has 0 unspecified atom stereocenters. The molecule has 0 saturated carbocycles. The summed E-state index contributed by atoms with van der Waals surface area (Å²) in [6, 6.07) is 4.20. The fourth-order valence-electron chi connectivity index (χ4n) is 4.04. The molecule has 29 heavy (non-hydrogen) atoms. The van der Waals surface area contributed by atoms with Crippen molar-refractivity contribution < 1.29 is 13.3 Å². The molecule has 0 spiro atoms. The van der Waals surface area contributed by atoms with E-state index in [-0.39, 0.29) is 10.6 Å². The number of piperidine rings is 2. The molecule has 2 fully saturated rings. The van der Waals surface area contributed by atoms with Crippen LogP contribution in [0.15, 0.2) is 23.1 Å². The maximum Gasteiger partial charge on any atom is 0.293 e. The number of nitro groups is 1. The van der Waals surface area contributed by atoms with Crippen LogP contribution in [-0.2, 0) is 10.0 Å². The number of anilines is 1. The van der Waals surface area contributed by atoms with Crippen LogP contribution in [0.4, 0.5) is 11.4 Å². The summed E-state index contributed by atoms with van der Waals surface area (Å²) in [6.45, 7) is 7.05. The van der Waals surface area contributed by atoms with Gasteiger partial charge in [-0.15, -0.1) is 0 Å². The third-order valence-corrected chi connectivity index (χ3v) is 7.86. The van der Waals surface area contributed by atoms with Gasteiger partial charge >= 0.3 is 0 Å². The van der Waals surface area contributed by atoms with E-state index in [1.54, 1.807) is 0 Å². The highest BCUT2D eigenvalue weighted by Gasteiger charge is 2.28. The first kappa shape index (κ1) is 22.0. The van der Waals surface area contributed by atoms with E-state index < -0.39 is 14.9 Å². The number of rotatable bonds is 8. The fraction of sp³-hybridized carbons (Fsp3) is 0.700. The first-order chi connectivity index (χ1) is 13.9. The van der Waals surface area contributed by atoms with Gasteiger partial charge in [-0.3, -0.25) is 10.1 Å². The van der Waals surface area contributed by atoms with Crippen molar-refractivity contribution in [2.75, 3.05) is 44.6 Å². The molecular formula is C20H32N4O4S. The third kappa shape index (κ3) is 5.67.